The van der Waals surface area contributed by atoms with E-state index < -0.39 is 5.97 Å². The Morgan fingerprint density at radius 1 is 1.27 bits per heavy atom. The molecule has 0 aromatic heterocycles. The molecule has 1 aromatic rings. The molecule has 1 N–H and O–H groups in total. The van der Waals surface area contributed by atoms with Crippen molar-refractivity contribution in [2.75, 3.05) is 31.1 Å². The van der Waals surface area contributed by atoms with Gasteiger partial charge in [-0.15, -0.1) is 0 Å². The van der Waals surface area contributed by atoms with Gasteiger partial charge in [-0.25, -0.2) is 0 Å². The molecule has 0 radical (unpaired) electrons. The molecule has 1 saturated heterocycles. The Hall–Kier alpha value is -2.55. The maximum atomic E-state index is 12.3. The largest absolute Gasteiger partial charge is 0.481 e. The van der Waals surface area contributed by atoms with Crippen molar-refractivity contribution in [1.29, 1.82) is 5.26 Å². The number of likely N-dealkylation sites (tertiary alicyclic amines) is 1. The minimum atomic E-state index is -0.923. The molecule has 1 fully saturated rings. The molecular weight excluding hydrogens is 282 g/mol. The van der Waals surface area contributed by atoms with Gasteiger partial charge >= 0.3 is 5.97 Å². The van der Waals surface area contributed by atoms with Crippen molar-refractivity contribution >= 4 is 17.6 Å². The summed E-state index contributed by atoms with van der Waals surface area (Å²) in [5.41, 5.74) is 1.06. The van der Waals surface area contributed by atoms with E-state index in [-0.39, 0.29) is 25.4 Å². The number of nitriles is 1. The van der Waals surface area contributed by atoms with Crippen LogP contribution in [0.3, 0.4) is 0 Å². The molecule has 0 unspecified atom stereocenters. The van der Waals surface area contributed by atoms with Gasteiger partial charge in [-0.1, -0.05) is 12.1 Å². The number of carbonyl (C=O) groups is 2. The number of hydrogen-bond acceptors (Lipinski definition) is 4. The van der Waals surface area contributed by atoms with Crippen LogP contribution in [0.15, 0.2) is 24.3 Å². The van der Waals surface area contributed by atoms with Crippen molar-refractivity contribution in [3.05, 3.63) is 29.8 Å². The zero-order chi connectivity index (χ0) is 15.9. The molecule has 0 spiro atoms. The van der Waals surface area contributed by atoms with Crippen LogP contribution in [-0.2, 0) is 9.59 Å². The summed E-state index contributed by atoms with van der Waals surface area (Å²) >= 11 is 0. The number of carboxylic acid groups (broad SMARTS) is 1. The number of hydrogen-bond donors (Lipinski definition) is 1. The Morgan fingerprint density at radius 3 is 2.59 bits per heavy atom. The van der Waals surface area contributed by atoms with Gasteiger partial charge in [0.1, 0.15) is 6.07 Å². The van der Waals surface area contributed by atoms with Crippen LogP contribution in [-0.4, -0.2) is 48.1 Å². The molecule has 116 valence electrons. The lowest BCUT2D eigenvalue weighted by molar-refractivity contribution is -0.137. The van der Waals surface area contributed by atoms with Crippen LogP contribution in [0.2, 0.25) is 0 Å². The number of benzene rings is 1. The number of amides is 1. The van der Waals surface area contributed by atoms with Gasteiger partial charge in [0.05, 0.1) is 24.2 Å². The molecule has 0 atom stereocenters. The topological polar surface area (TPSA) is 84.6 Å². The average Bonchev–Trinajstić information content (AvgIpc) is 3.05. The molecule has 1 aliphatic heterocycles. The van der Waals surface area contributed by atoms with Crippen LogP contribution in [0.25, 0.3) is 0 Å². The minimum Gasteiger partial charge on any atom is -0.481 e. The van der Waals surface area contributed by atoms with E-state index in [1.807, 2.05) is 0 Å². The third-order valence-electron chi connectivity index (χ3n) is 3.75. The highest BCUT2D eigenvalue weighted by Gasteiger charge is 2.22. The van der Waals surface area contributed by atoms with E-state index >= 15 is 0 Å². The van der Waals surface area contributed by atoms with Gasteiger partial charge in [0.2, 0.25) is 5.91 Å². The molecule has 0 aliphatic carbocycles. The molecule has 6 heteroatoms. The number of carbonyl (C=O) groups excluding carboxylic acids is 1. The van der Waals surface area contributed by atoms with Crippen LogP contribution in [0, 0.1) is 11.3 Å². The second kappa shape index (κ2) is 7.46. The molecule has 6 nitrogen and oxygen atoms in total. The SMILES string of the molecule is N#Cc1ccccc1N(CCC(=O)O)CC(=O)N1CCCC1. The molecule has 2 rings (SSSR count). The van der Waals surface area contributed by atoms with E-state index in [1.54, 1.807) is 34.1 Å². The molecule has 1 aromatic carbocycles. The van der Waals surface area contributed by atoms with Crippen LogP contribution in [0.5, 0.6) is 0 Å². The highest BCUT2D eigenvalue weighted by atomic mass is 16.4. The first kappa shape index (κ1) is 15.8. The summed E-state index contributed by atoms with van der Waals surface area (Å²) in [4.78, 5) is 26.7. The predicted octanol–water partition coefficient (Wildman–Crippen LogP) is 1.46. The van der Waals surface area contributed by atoms with Gasteiger partial charge in [0, 0.05) is 19.6 Å². The van der Waals surface area contributed by atoms with Gasteiger partial charge in [-0.3, -0.25) is 9.59 Å². The molecule has 1 aliphatic rings. The second-order valence-electron chi connectivity index (χ2n) is 5.28. The molecule has 22 heavy (non-hydrogen) atoms. The first-order valence-corrected chi connectivity index (χ1v) is 7.35. The Balaban J connectivity index is 2.16. The second-order valence-corrected chi connectivity index (χ2v) is 5.28. The molecule has 0 bridgehead atoms. The summed E-state index contributed by atoms with van der Waals surface area (Å²) in [6.45, 7) is 1.82. The van der Waals surface area contributed by atoms with Crippen LogP contribution >= 0.6 is 0 Å². The fourth-order valence-corrected chi connectivity index (χ4v) is 2.59. The number of rotatable bonds is 6. The van der Waals surface area contributed by atoms with Gasteiger partial charge in [-0.05, 0) is 25.0 Å². The van der Waals surface area contributed by atoms with Crippen molar-refractivity contribution in [1.82, 2.24) is 4.90 Å². The summed E-state index contributed by atoms with van der Waals surface area (Å²) in [5.74, 6) is -0.941. The summed E-state index contributed by atoms with van der Waals surface area (Å²) in [7, 11) is 0. The lowest BCUT2D eigenvalue weighted by Crippen LogP contribution is -2.40. The summed E-state index contributed by atoms with van der Waals surface area (Å²) < 4.78 is 0. The van der Waals surface area contributed by atoms with Crippen molar-refractivity contribution < 1.29 is 14.7 Å². The predicted molar refractivity (Wildman–Crippen MR) is 81.4 cm³/mol. The van der Waals surface area contributed by atoms with E-state index in [2.05, 4.69) is 6.07 Å². The summed E-state index contributed by atoms with van der Waals surface area (Å²) in [5, 5.41) is 18.1. The Kier molecular flexibility index (Phi) is 5.37. The Labute approximate surface area is 129 Å². The fraction of sp³-hybridized carbons (Fsp3) is 0.438. The van der Waals surface area contributed by atoms with E-state index in [4.69, 9.17) is 5.11 Å². The first-order chi connectivity index (χ1) is 10.6. The van der Waals surface area contributed by atoms with Gasteiger partial charge in [0.25, 0.3) is 0 Å². The number of aliphatic carboxylic acids is 1. The third kappa shape index (κ3) is 3.98. The van der Waals surface area contributed by atoms with E-state index in [0.717, 1.165) is 25.9 Å². The highest BCUT2D eigenvalue weighted by Crippen LogP contribution is 2.20. The number of carboxylic acids is 1. The maximum absolute atomic E-state index is 12.3. The molecule has 1 heterocycles. The molecule has 1 amide bonds. The average molecular weight is 301 g/mol. The van der Waals surface area contributed by atoms with Crippen LogP contribution < -0.4 is 4.90 Å². The zero-order valence-corrected chi connectivity index (χ0v) is 12.4. The van der Waals surface area contributed by atoms with Crippen molar-refractivity contribution in [2.24, 2.45) is 0 Å². The first-order valence-electron chi connectivity index (χ1n) is 7.35. The number of para-hydroxylation sites is 1. The van der Waals surface area contributed by atoms with Gasteiger partial charge < -0.3 is 14.9 Å². The maximum Gasteiger partial charge on any atom is 0.305 e. The van der Waals surface area contributed by atoms with Crippen LogP contribution in [0.4, 0.5) is 5.69 Å². The lowest BCUT2D eigenvalue weighted by Gasteiger charge is -2.27. The van der Waals surface area contributed by atoms with Crippen LogP contribution in [0.1, 0.15) is 24.8 Å². The number of nitrogens with zero attached hydrogens (tertiary/aromatic N) is 3. The van der Waals surface area contributed by atoms with E-state index in [0.29, 0.717) is 11.3 Å². The van der Waals surface area contributed by atoms with E-state index in [1.165, 1.54) is 0 Å². The number of anilines is 1. The highest BCUT2D eigenvalue weighted by molar-refractivity contribution is 5.82. The minimum absolute atomic E-state index is 0.0179. The smallest absolute Gasteiger partial charge is 0.305 e. The van der Waals surface area contributed by atoms with Crippen molar-refractivity contribution in [3.8, 4) is 6.07 Å². The van der Waals surface area contributed by atoms with E-state index in [9.17, 15) is 14.9 Å². The lowest BCUT2D eigenvalue weighted by atomic mass is 10.1. The Morgan fingerprint density at radius 2 is 1.95 bits per heavy atom. The normalized spacial score (nSPS) is 13.7. The van der Waals surface area contributed by atoms with Gasteiger partial charge in [0.15, 0.2) is 0 Å². The summed E-state index contributed by atoms with van der Waals surface area (Å²) in [6.07, 6.45) is 1.94. The van der Waals surface area contributed by atoms with Crippen molar-refractivity contribution in [3.63, 3.8) is 0 Å². The fourth-order valence-electron chi connectivity index (χ4n) is 2.59. The Bertz CT molecular complexity index is 589. The quantitative estimate of drug-likeness (QED) is 0.860. The summed E-state index contributed by atoms with van der Waals surface area (Å²) in [6, 6.07) is 9.04. The molecule has 0 saturated carbocycles. The standard InChI is InChI=1S/C16H19N3O3/c17-11-13-5-1-2-6-14(13)19(10-7-16(21)22)12-15(20)18-8-3-4-9-18/h1-2,5-6H,3-4,7-10,12H2,(H,21,22). The monoisotopic (exact) mass is 301 g/mol. The van der Waals surface area contributed by atoms with Gasteiger partial charge in [-0.2, -0.15) is 5.26 Å². The van der Waals surface area contributed by atoms with Crippen molar-refractivity contribution in [2.45, 2.75) is 19.3 Å². The molecular formula is C16H19N3O3. The zero-order valence-electron chi connectivity index (χ0n) is 12.4. The third-order valence-corrected chi connectivity index (χ3v) is 3.75.